The Morgan fingerprint density at radius 3 is 2.68 bits per heavy atom. The summed E-state index contributed by atoms with van der Waals surface area (Å²) in [6.45, 7) is 2.13. The molecule has 0 unspecified atom stereocenters. The number of thiophene rings is 1. The van der Waals surface area contributed by atoms with Crippen molar-refractivity contribution in [3.05, 3.63) is 105 Å². The van der Waals surface area contributed by atoms with Gasteiger partial charge in [0.1, 0.15) is 5.82 Å². The van der Waals surface area contributed by atoms with Gasteiger partial charge < -0.3 is 15.5 Å². The summed E-state index contributed by atoms with van der Waals surface area (Å²) in [5.41, 5.74) is 5.18. The van der Waals surface area contributed by atoms with Crippen molar-refractivity contribution >= 4 is 57.5 Å². The molecule has 0 saturated heterocycles. The minimum absolute atomic E-state index is 0.207. The molecule has 0 radical (unpaired) electrons. The van der Waals surface area contributed by atoms with Crippen LogP contribution >= 0.6 is 22.9 Å². The first kappa shape index (κ1) is 22.1. The van der Waals surface area contributed by atoms with Crippen LogP contribution in [0.3, 0.4) is 0 Å². The van der Waals surface area contributed by atoms with Gasteiger partial charge in [0.25, 0.3) is 11.8 Å². The zero-order chi connectivity index (χ0) is 23.8. The molecule has 0 spiro atoms. The molecular weight excluding hydrogens is 473 g/mol. The molecule has 0 atom stereocenters. The zero-order valence-electron chi connectivity index (χ0n) is 18.1. The number of nitrogens with one attached hydrogen (secondary N) is 2. The van der Waals surface area contributed by atoms with E-state index in [4.69, 9.17) is 11.6 Å². The molecule has 0 bridgehead atoms. The van der Waals surface area contributed by atoms with Gasteiger partial charge in [0.2, 0.25) is 0 Å². The van der Waals surface area contributed by atoms with Gasteiger partial charge in [-0.1, -0.05) is 29.8 Å². The standard InChI is InChI=1S/C26H19ClFN3O2S/c1-15-6-7-17(28)10-20(15)25(32)29-18-8-9-19(21(27)11-18)26(33)31-12-16-13-34-14-23(16)30-22-4-2-3-5-24(22)31/h2-11,13-14,30H,12H2,1H3,(H,29,32). The molecule has 1 aliphatic rings. The number of hydrogen-bond donors (Lipinski definition) is 2. The van der Waals surface area contributed by atoms with Crippen LogP contribution in [0.5, 0.6) is 0 Å². The molecule has 0 fully saturated rings. The number of benzene rings is 3. The Morgan fingerprint density at radius 1 is 1.03 bits per heavy atom. The fourth-order valence-corrected chi connectivity index (χ4v) is 4.94. The maximum atomic E-state index is 13.6. The van der Waals surface area contributed by atoms with Crippen molar-refractivity contribution in [2.24, 2.45) is 0 Å². The number of rotatable bonds is 3. The van der Waals surface area contributed by atoms with Crippen LogP contribution in [0.25, 0.3) is 0 Å². The van der Waals surface area contributed by atoms with Crippen LogP contribution in [0.2, 0.25) is 5.02 Å². The lowest BCUT2D eigenvalue weighted by atomic mass is 10.1. The van der Waals surface area contributed by atoms with Crippen molar-refractivity contribution in [1.82, 2.24) is 0 Å². The van der Waals surface area contributed by atoms with Gasteiger partial charge >= 0.3 is 0 Å². The Hall–Kier alpha value is -3.68. The van der Waals surface area contributed by atoms with E-state index in [2.05, 4.69) is 10.6 Å². The number of anilines is 4. The average Bonchev–Trinajstić information content (AvgIpc) is 3.19. The molecule has 0 saturated carbocycles. The van der Waals surface area contributed by atoms with Crippen molar-refractivity contribution in [3.8, 4) is 0 Å². The predicted molar refractivity (Wildman–Crippen MR) is 135 cm³/mol. The topological polar surface area (TPSA) is 61.4 Å². The van der Waals surface area contributed by atoms with Crippen LogP contribution in [0.1, 0.15) is 31.8 Å². The molecule has 5 nitrogen and oxygen atoms in total. The van der Waals surface area contributed by atoms with E-state index in [1.54, 1.807) is 41.4 Å². The van der Waals surface area contributed by atoms with Gasteiger partial charge in [-0.25, -0.2) is 4.39 Å². The molecule has 2 heterocycles. The summed E-state index contributed by atoms with van der Waals surface area (Å²) < 4.78 is 13.6. The third-order valence-electron chi connectivity index (χ3n) is 5.68. The summed E-state index contributed by atoms with van der Waals surface area (Å²) in [7, 11) is 0. The van der Waals surface area contributed by atoms with E-state index in [0.29, 0.717) is 23.4 Å². The van der Waals surface area contributed by atoms with Crippen molar-refractivity contribution in [2.75, 3.05) is 15.5 Å². The molecule has 170 valence electrons. The highest BCUT2D eigenvalue weighted by atomic mass is 35.5. The van der Waals surface area contributed by atoms with E-state index in [1.165, 1.54) is 18.2 Å². The Labute approximate surface area is 204 Å². The molecule has 34 heavy (non-hydrogen) atoms. The molecule has 5 rings (SSSR count). The summed E-state index contributed by atoms with van der Waals surface area (Å²) in [5.74, 6) is -1.20. The quantitative estimate of drug-likeness (QED) is 0.324. The summed E-state index contributed by atoms with van der Waals surface area (Å²) in [5, 5.41) is 10.4. The van der Waals surface area contributed by atoms with Crippen LogP contribution in [-0.4, -0.2) is 11.8 Å². The second-order valence-corrected chi connectivity index (χ2v) is 9.10. The molecule has 0 aliphatic carbocycles. The molecule has 4 aromatic rings. The maximum Gasteiger partial charge on any atom is 0.260 e. The molecule has 2 amide bonds. The van der Waals surface area contributed by atoms with E-state index < -0.39 is 11.7 Å². The molecular formula is C26H19ClFN3O2S. The Bertz CT molecular complexity index is 1440. The van der Waals surface area contributed by atoms with E-state index in [0.717, 1.165) is 22.6 Å². The molecule has 8 heteroatoms. The molecule has 2 N–H and O–H groups in total. The minimum Gasteiger partial charge on any atom is -0.353 e. The first-order chi connectivity index (χ1) is 16.4. The van der Waals surface area contributed by atoms with Gasteiger partial charge in [0, 0.05) is 22.2 Å². The zero-order valence-corrected chi connectivity index (χ0v) is 19.6. The van der Waals surface area contributed by atoms with Gasteiger partial charge in [-0.05, 0) is 60.3 Å². The summed E-state index contributed by atoms with van der Waals surface area (Å²) in [6, 6.07) is 16.4. The van der Waals surface area contributed by atoms with Crippen LogP contribution in [0, 0.1) is 12.7 Å². The number of halogens is 2. The van der Waals surface area contributed by atoms with Crippen LogP contribution in [0.15, 0.2) is 71.4 Å². The number of para-hydroxylation sites is 2. The largest absolute Gasteiger partial charge is 0.353 e. The third kappa shape index (κ3) is 4.16. The van der Waals surface area contributed by atoms with Gasteiger partial charge in [0.15, 0.2) is 0 Å². The van der Waals surface area contributed by atoms with Gasteiger partial charge in [-0.15, -0.1) is 11.3 Å². The molecule has 1 aromatic heterocycles. The summed E-state index contributed by atoms with van der Waals surface area (Å²) in [6.07, 6.45) is 0. The lowest BCUT2D eigenvalue weighted by Crippen LogP contribution is -2.30. The fourth-order valence-electron chi connectivity index (χ4n) is 3.90. The third-order valence-corrected chi connectivity index (χ3v) is 6.79. The normalized spacial score (nSPS) is 12.3. The van der Waals surface area contributed by atoms with E-state index >= 15 is 0 Å². The molecule has 3 aromatic carbocycles. The van der Waals surface area contributed by atoms with Gasteiger partial charge in [-0.3, -0.25) is 9.59 Å². The Kier molecular flexibility index (Phi) is 5.81. The first-order valence-electron chi connectivity index (χ1n) is 10.5. The number of nitrogens with zero attached hydrogens (tertiary/aromatic N) is 1. The highest BCUT2D eigenvalue weighted by Gasteiger charge is 2.26. The Morgan fingerprint density at radius 2 is 1.85 bits per heavy atom. The fraction of sp³-hybridized carbons (Fsp3) is 0.0769. The lowest BCUT2D eigenvalue weighted by Gasteiger charge is -2.23. The Balaban J connectivity index is 1.43. The number of amides is 2. The van der Waals surface area contributed by atoms with E-state index in [1.807, 2.05) is 35.0 Å². The van der Waals surface area contributed by atoms with Gasteiger partial charge in [0.05, 0.1) is 34.2 Å². The number of carbonyl (C=O) groups is 2. The number of carbonyl (C=O) groups excluding carboxylic acids is 2. The summed E-state index contributed by atoms with van der Waals surface area (Å²) in [4.78, 5) is 27.9. The minimum atomic E-state index is -0.490. The predicted octanol–water partition coefficient (Wildman–Crippen LogP) is 7.01. The van der Waals surface area contributed by atoms with Crippen LogP contribution in [-0.2, 0) is 6.54 Å². The number of fused-ring (bicyclic) bond motifs is 2. The van der Waals surface area contributed by atoms with Crippen molar-refractivity contribution < 1.29 is 14.0 Å². The number of hydrogen-bond acceptors (Lipinski definition) is 4. The van der Waals surface area contributed by atoms with Crippen LogP contribution in [0.4, 0.5) is 27.1 Å². The highest BCUT2D eigenvalue weighted by molar-refractivity contribution is 7.08. The molecule has 1 aliphatic heterocycles. The average molecular weight is 492 g/mol. The van der Waals surface area contributed by atoms with E-state index in [-0.39, 0.29) is 16.5 Å². The van der Waals surface area contributed by atoms with Crippen molar-refractivity contribution in [3.63, 3.8) is 0 Å². The van der Waals surface area contributed by atoms with Crippen molar-refractivity contribution in [1.29, 1.82) is 0 Å². The lowest BCUT2D eigenvalue weighted by molar-refractivity contribution is 0.0984. The van der Waals surface area contributed by atoms with Crippen LogP contribution < -0.4 is 15.5 Å². The highest BCUT2D eigenvalue weighted by Crippen LogP contribution is 2.38. The SMILES string of the molecule is Cc1ccc(F)cc1C(=O)Nc1ccc(C(=O)N2Cc3cscc3Nc3ccccc32)c(Cl)c1. The monoisotopic (exact) mass is 491 g/mol. The maximum absolute atomic E-state index is 13.6. The smallest absolute Gasteiger partial charge is 0.260 e. The first-order valence-corrected chi connectivity index (χ1v) is 11.8. The van der Waals surface area contributed by atoms with Gasteiger partial charge in [-0.2, -0.15) is 0 Å². The van der Waals surface area contributed by atoms with E-state index in [9.17, 15) is 14.0 Å². The second kappa shape index (κ2) is 8.93. The summed E-state index contributed by atoms with van der Waals surface area (Å²) >= 11 is 8.07. The second-order valence-electron chi connectivity index (χ2n) is 7.95. The van der Waals surface area contributed by atoms with Crippen molar-refractivity contribution in [2.45, 2.75) is 13.5 Å². The number of aryl methyl sites for hydroxylation is 1.